The molecule has 0 bridgehead atoms. The van der Waals surface area contributed by atoms with Crippen molar-refractivity contribution in [3.8, 4) is 0 Å². The second-order valence-corrected chi connectivity index (χ2v) is 4.46. The van der Waals surface area contributed by atoms with Crippen LogP contribution in [0, 0.1) is 0 Å². The molecule has 1 aromatic carbocycles. The Morgan fingerprint density at radius 1 is 1.36 bits per heavy atom. The van der Waals surface area contributed by atoms with Crippen molar-refractivity contribution in [2.75, 3.05) is 6.54 Å². The first-order valence-electron chi connectivity index (χ1n) is 4.79. The summed E-state index contributed by atoms with van der Waals surface area (Å²) in [4.78, 5) is 11.4. The van der Waals surface area contributed by atoms with E-state index in [0.29, 0.717) is 5.56 Å². The van der Waals surface area contributed by atoms with Gasteiger partial charge in [-0.2, -0.15) is 0 Å². The SMILES string of the molecule is CC(C)(C)c1cccc(C(=O)CN)c1. The zero-order chi connectivity index (χ0) is 10.8. The molecule has 0 aliphatic carbocycles. The summed E-state index contributed by atoms with van der Waals surface area (Å²) in [6.45, 7) is 6.45. The van der Waals surface area contributed by atoms with Crippen molar-refractivity contribution in [1.82, 2.24) is 0 Å². The lowest BCUT2D eigenvalue weighted by Crippen LogP contribution is -2.16. The fraction of sp³-hybridized carbons (Fsp3) is 0.417. The summed E-state index contributed by atoms with van der Waals surface area (Å²) in [6.07, 6.45) is 0. The molecule has 2 N–H and O–H groups in total. The zero-order valence-electron chi connectivity index (χ0n) is 9.00. The Labute approximate surface area is 85.1 Å². The Bertz CT molecular complexity index is 336. The van der Waals surface area contributed by atoms with Gasteiger partial charge in [-0.1, -0.05) is 39.0 Å². The van der Waals surface area contributed by atoms with Gasteiger partial charge in [-0.15, -0.1) is 0 Å². The summed E-state index contributed by atoms with van der Waals surface area (Å²) < 4.78 is 0. The number of carbonyl (C=O) groups excluding carboxylic acids is 1. The van der Waals surface area contributed by atoms with E-state index in [0.717, 1.165) is 5.56 Å². The monoisotopic (exact) mass is 191 g/mol. The highest BCUT2D eigenvalue weighted by Crippen LogP contribution is 2.22. The molecular formula is C12H17NO. The normalized spacial score (nSPS) is 11.4. The van der Waals surface area contributed by atoms with Gasteiger partial charge in [0.25, 0.3) is 0 Å². The number of hydrogen-bond acceptors (Lipinski definition) is 2. The van der Waals surface area contributed by atoms with Crippen LogP contribution in [0.3, 0.4) is 0 Å². The van der Waals surface area contributed by atoms with E-state index in [9.17, 15) is 4.79 Å². The first-order valence-corrected chi connectivity index (χ1v) is 4.79. The number of nitrogens with two attached hydrogens (primary N) is 1. The molecule has 0 aromatic heterocycles. The molecule has 0 saturated heterocycles. The standard InChI is InChI=1S/C12H17NO/c1-12(2,3)10-6-4-5-9(7-10)11(14)8-13/h4-7H,8,13H2,1-3H3. The van der Waals surface area contributed by atoms with Gasteiger partial charge >= 0.3 is 0 Å². The minimum absolute atomic E-state index is 0.00361. The minimum Gasteiger partial charge on any atom is -0.324 e. The average molecular weight is 191 g/mol. The molecule has 1 rings (SSSR count). The summed E-state index contributed by atoms with van der Waals surface area (Å²) in [5.41, 5.74) is 7.26. The first-order chi connectivity index (χ1) is 6.45. The number of Topliss-reactive ketones (excluding diaryl/α,β-unsaturated/α-hetero) is 1. The molecule has 0 amide bonds. The highest BCUT2D eigenvalue weighted by Gasteiger charge is 2.14. The molecule has 0 heterocycles. The van der Waals surface area contributed by atoms with Crippen LogP contribution >= 0.6 is 0 Å². The van der Waals surface area contributed by atoms with Gasteiger partial charge < -0.3 is 5.73 Å². The highest BCUT2D eigenvalue weighted by molar-refractivity contribution is 5.97. The van der Waals surface area contributed by atoms with Crippen LogP contribution in [0.2, 0.25) is 0 Å². The van der Waals surface area contributed by atoms with Crippen molar-refractivity contribution in [1.29, 1.82) is 0 Å². The van der Waals surface area contributed by atoms with E-state index < -0.39 is 0 Å². The third-order valence-corrected chi connectivity index (χ3v) is 2.24. The predicted octanol–water partition coefficient (Wildman–Crippen LogP) is 2.13. The molecule has 0 spiro atoms. The molecule has 76 valence electrons. The summed E-state index contributed by atoms with van der Waals surface area (Å²) in [6, 6.07) is 7.68. The minimum atomic E-state index is -0.00361. The number of carbonyl (C=O) groups is 1. The molecular weight excluding hydrogens is 174 g/mol. The summed E-state index contributed by atoms with van der Waals surface area (Å²) in [5.74, 6) is -0.00361. The maximum absolute atomic E-state index is 11.4. The molecule has 0 radical (unpaired) electrons. The Morgan fingerprint density at radius 3 is 2.50 bits per heavy atom. The molecule has 0 aliphatic rings. The van der Waals surface area contributed by atoms with Crippen LogP contribution in [0.25, 0.3) is 0 Å². The molecule has 0 atom stereocenters. The molecule has 2 heteroatoms. The van der Waals surface area contributed by atoms with Gasteiger partial charge in [0.05, 0.1) is 6.54 Å². The van der Waals surface area contributed by atoms with Crippen molar-refractivity contribution in [3.63, 3.8) is 0 Å². The van der Waals surface area contributed by atoms with E-state index in [4.69, 9.17) is 5.73 Å². The van der Waals surface area contributed by atoms with E-state index in [1.807, 2.05) is 24.3 Å². The predicted molar refractivity (Wildman–Crippen MR) is 58.5 cm³/mol. The smallest absolute Gasteiger partial charge is 0.176 e. The van der Waals surface area contributed by atoms with Gasteiger partial charge in [-0.3, -0.25) is 4.79 Å². The quantitative estimate of drug-likeness (QED) is 0.728. The average Bonchev–Trinajstić information content (AvgIpc) is 2.15. The number of hydrogen-bond donors (Lipinski definition) is 1. The van der Waals surface area contributed by atoms with Gasteiger partial charge in [0, 0.05) is 5.56 Å². The van der Waals surface area contributed by atoms with E-state index in [2.05, 4.69) is 20.8 Å². The maximum atomic E-state index is 11.4. The van der Waals surface area contributed by atoms with Gasteiger partial charge in [0.1, 0.15) is 0 Å². The van der Waals surface area contributed by atoms with Gasteiger partial charge in [0.15, 0.2) is 5.78 Å². The first kappa shape index (κ1) is 10.9. The van der Waals surface area contributed by atoms with Crippen molar-refractivity contribution in [2.45, 2.75) is 26.2 Å². The second kappa shape index (κ2) is 3.93. The van der Waals surface area contributed by atoms with Crippen LogP contribution in [0.15, 0.2) is 24.3 Å². The fourth-order valence-electron chi connectivity index (χ4n) is 1.28. The third kappa shape index (κ3) is 2.42. The largest absolute Gasteiger partial charge is 0.324 e. The van der Waals surface area contributed by atoms with Gasteiger partial charge in [-0.05, 0) is 17.0 Å². The van der Waals surface area contributed by atoms with E-state index in [1.54, 1.807) is 0 Å². The topological polar surface area (TPSA) is 43.1 Å². The number of rotatable bonds is 2. The molecule has 0 unspecified atom stereocenters. The molecule has 0 aliphatic heterocycles. The Hall–Kier alpha value is -1.15. The third-order valence-electron chi connectivity index (χ3n) is 2.24. The van der Waals surface area contributed by atoms with E-state index in [-0.39, 0.29) is 17.7 Å². The maximum Gasteiger partial charge on any atom is 0.176 e. The summed E-state index contributed by atoms with van der Waals surface area (Å²) in [7, 11) is 0. The van der Waals surface area contributed by atoms with E-state index >= 15 is 0 Å². The summed E-state index contributed by atoms with van der Waals surface area (Å²) >= 11 is 0. The zero-order valence-corrected chi connectivity index (χ0v) is 9.00. The Morgan fingerprint density at radius 2 is 2.00 bits per heavy atom. The highest BCUT2D eigenvalue weighted by atomic mass is 16.1. The van der Waals surface area contributed by atoms with Crippen LogP contribution in [0.5, 0.6) is 0 Å². The van der Waals surface area contributed by atoms with Crippen molar-refractivity contribution >= 4 is 5.78 Å². The lowest BCUT2D eigenvalue weighted by atomic mass is 9.86. The van der Waals surface area contributed by atoms with Crippen LogP contribution in [-0.4, -0.2) is 12.3 Å². The van der Waals surface area contributed by atoms with Crippen molar-refractivity contribution < 1.29 is 4.79 Å². The van der Waals surface area contributed by atoms with Gasteiger partial charge in [-0.25, -0.2) is 0 Å². The second-order valence-electron chi connectivity index (χ2n) is 4.46. The van der Waals surface area contributed by atoms with Crippen LogP contribution < -0.4 is 5.73 Å². The molecule has 14 heavy (non-hydrogen) atoms. The molecule has 1 aromatic rings. The molecule has 0 saturated carbocycles. The molecule has 0 fully saturated rings. The number of ketones is 1. The molecule has 2 nitrogen and oxygen atoms in total. The Kier molecular flexibility index (Phi) is 3.06. The van der Waals surface area contributed by atoms with Crippen LogP contribution in [0.4, 0.5) is 0 Å². The summed E-state index contributed by atoms with van der Waals surface area (Å²) in [5, 5.41) is 0. The van der Waals surface area contributed by atoms with Crippen molar-refractivity contribution in [3.05, 3.63) is 35.4 Å². The Balaban J connectivity index is 3.08. The van der Waals surface area contributed by atoms with Gasteiger partial charge in [0.2, 0.25) is 0 Å². The lowest BCUT2D eigenvalue weighted by molar-refractivity contribution is 0.100. The van der Waals surface area contributed by atoms with Crippen LogP contribution in [-0.2, 0) is 5.41 Å². The lowest BCUT2D eigenvalue weighted by Gasteiger charge is -2.19. The van der Waals surface area contributed by atoms with E-state index in [1.165, 1.54) is 0 Å². The van der Waals surface area contributed by atoms with Crippen LogP contribution in [0.1, 0.15) is 36.7 Å². The fourth-order valence-corrected chi connectivity index (χ4v) is 1.28. The number of benzene rings is 1. The van der Waals surface area contributed by atoms with Crippen molar-refractivity contribution in [2.24, 2.45) is 5.73 Å².